The highest BCUT2D eigenvalue weighted by atomic mass is 32.2. The molecule has 26 heavy (non-hydrogen) atoms. The number of benzene rings is 1. The van der Waals surface area contributed by atoms with Gasteiger partial charge in [-0.25, -0.2) is 22.7 Å². The Morgan fingerprint density at radius 3 is 2.42 bits per heavy atom. The van der Waals surface area contributed by atoms with Crippen molar-refractivity contribution in [2.24, 2.45) is 0 Å². The summed E-state index contributed by atoms with van der Waals surface area (Å²) in [5.74, 6) is 1.69. The predicted molar refractivity (Wildman–Crippen MR) is 104 cm³/mol. The summed E-state index contributed by atoms with van der Waals surface area (Å²) in [5.41, 5.74) is 3.33. The summed E-state index contributed by atoms with van der Waals surface area (Å²) in [4.78, 5) is 11.5. The number of sulfonamides is 1. The van der Waals surface area contributed by atoms with E-state index in [1.807, 2.05) is 32.0 Å². The Labute approximate surface area is 155 Å². The molecule has 0 bridgehead atoms. The van der Waals surface area contributed by atoms with Crippen LogP contribution in [-0.4, -0.2) is 55.1 Å². The monoisotopic (exact) mass is 374 g/mol. The van der Waals surface area contributed by atoms with Gasteiger partial charge in [0.2, 0.25) is 10.0 Å². The smallest absolute Gasteiger partial charge is 0.211 e. The topological polar surface area (TPSA) is 66.4 Å². The minimum Gasteiger partial charge on any atom is -0.355 e. The molecule has 7 heteroatoms. The lowest BCUT2D eigenvalue weighted by atomic mass is 10.0. The van der Waals surface area contributed by atoms with Gasteiger partial charge in [-0.2, -0.15) is 0 Å². The maximum Gasteiger partial charge on any atom is 0.211 e. The number of anilines is 1. The lowest BCUT2D eigenvalue weighted by Gasteiger charge is -2.25. The van der Waals surface area contributed by atoms with E-state index in [1.165, 1.54) is 11.8 Å². The van der Waals surface area contributed by atoms with E-state index < -0.39 is 10.0 Å². The fourth-order valence-corrected chi connectivity index (χ4v) is 4.30. The number of rotatable bonds is 4. The number of hydrogen-bond acceptors (Lipinski definition) is 5. The molecule has 0 N–H and O–H groups in total. The molecule has 0 radical (unpaired) electrons. The third kappa shape index (κ3) is 4.40. The van der Waals surface area contributed by atoms with E-state index in [1.54, 1.807) is 4.31 Å². The number of aryl methyl sites for hydroxylation is 2. The molecule has 1 aromatic heterocycles. The molecule has 1 aromatic carbocycles. The molecule has 1 aliphatic heterocycles. The highest BCUT2D eigenvalue weighted by Crippen LogP contribution is 2.25. The fourth-order valence-electron chi connectivity index (χ4n) is 3.42. The average molecular weight is 375 g/mol. The standard InChI is InChI=1S/C19H26N4O2S/c1-15-18(14-17-8-5-4-6-9-17)19(21-16(2)20-15)22-10-7-11-23(13-12-22)26(3,24)25/h4-6,8-9H,7,10-14H2,1-3H3. The van der Waals surface area contributed by atoms with Crippen LogP contribution in [0.1, 0.15) is 29.1 Å². The van der Waals surface area contributed by atoms with E-state index in [0.29, 0.717) is 19.6 Å². The van der Waals surface area contributed by atoms with Gasteiger partial charge in [0.05, 0.1) is 6.26 Å². The van der Waals surface area contributed by atoms with Gasteiger partial charge in [-0.15, -0.1) is 0 Å². The van der Waals surface area contributed by atoms with E-state index in [2.05, 4.69) is 22.0 Å². The summed E-state index contributed by atoms with van der Waals surface area (Å²) in [7, 11) is -3.16. The minimum absolute atomic E-state index is 0.492. The van der Waals surface area contributed by atoms with Gasteiger partial charge in [0.15, 0.2) is 0 Å². The average Bonchev–Trinajstić information content (AvgIpc) is 2.84. The summed E-state index contributed by atoms with van der Waals surface area (Å²) < 4.78 is 25.3. The van der Waals surface area contributed by atoms with Gasteiger partial charge < -0.3 is 4.90 Å². The van der Waals surface area contributed by atoms with Crippen molar-refractivity contribution >= 4 is 15.8 Å². The van der Waals surface area contributed by atoms with Crippen molar-refractivity contribution in [2.45, 2.75) is 26.7 Å². The van der Waals surface area contributed by atoms with E-state index in [9.17, 15) is 8.42 Å². The van der Waals surface area contributed by atoms with Crippen molar-refractivity contribution in [1.29, 1.82) is 0 Å². The molecule has 2 heterocycles. The Hall–Kier alpha value is -1.99. The van der Waals surface area contributed by atoms with Gasteiger partial charge in [-0.1, -0.05) is 30.3 Å². The molecule has 1 fully saturated rings. The predicted octanol–water partition coefficient (Wildman–Crippen LogP) is 2.16. The number of hydrogen-bond donors (Lipinski definition) is 0. The molecule has 3 rings (SSSR count). The van der Waals surface area contributed by atoms with Crippen LogP contribution in [0.3, 0.4) is 0 Å². The summed E-state index contributed by atoms with van der Waals surface area (Å²) in [5, 5.41) is 0. The second kappa shape index (κ2) is 7.72. The van der Waals surface area contributed by atoms with E-state index in [-0.39, 0.29) is 0 Å². The molecular weight excluding hydrogens is 348 g/mol. The number of nitrogens with zero attached hydrogens (tertiary/aromatic N) is 4. The second-order valence-electron chi connectivity index (χ2n) is 6.82. The lowest BCUT2D eigenvalue weighted by molar-refractivity contribution is 0.437. The SMILES string of the molecule is Cc1nc(C)c(Cc2ccccc2)c(N2CCCN(S(C)(=O)=O)CC2)n1. The largest absolute Gasteiger partial charge is 0.355 e. The molecule has 0 aliphatic carbocycles. The molecule has 6 nitrogen and oxygen atoms in total. The van der Waals surface area contributed by atoms with Crippen LogP contribution in [0, 0.1) is 13.8 Å². The zero-order valence-electron chi connectivity index (χ0n) is 15.6. The Bertz CT molecular complexity index is 869. The van der Waals surface area contributed by atoms with Crippen LogP contribution in [0.4, 0.5) is 5.82 Å². The maximum atomic E-state index is 11.9. The van der Waals surface area contributed by atoms with Crippen molar-refractivity contribution in [3.8, 4) is 0 Å². The van der Waals surface area contributed by atoms with Gasteiger partial charge in [-0.05, 0) is 25.8 Å². The van der Waals surface area contributed by atoms with Crippen LogP contribution in [0.2, 0.25) is 0 Å². The third-order valence-electron chi connectivity index (χ3n) is 4.75. The zero-order valence-corrected chi connectivity index (χ0v) is 16.5. The van der Waals surface area contributed by atoms with Crippen LogP contribution in [-0.2, 0) is 16.4 Å². The molecule has 1 aliphatic rings. The van der Waals surface area contributed by atoms with E-state index >= 15 is 0 Å². The van der Waals surface area contributed by atoms with Crippen LogP contribution < -0.4 is 4.90 Å². The molecule has 0 unspecified atom stereocenters. The summed E-state index contributed by atoms with van der Waals surface area (Å²) >= 11 is 0. The molecule has 0 amide bonds. The van der Waals surface area contributed by atoms with Gasteiger partial charge in [0.1, 0.15) is 11.6 Å². The van der Waals surface area contributed by atoms with Crippen molar-refractivity contribution in [1.82, 2.24) is 14.3 Å². The quantitative estimate of drug-likeness (QED) is 0.820. The summed E-state index contributed by atoms with van der Waals surface area (Å²) in [6, 6.07) is 10.3. The zero-order chi connectivity index (χ0) is 18.7. The van der Waals surface area contributed by atoms with Crippen molar-refractivity contribution < 1.29 is 8.42 Å². The highest BCUT2D eigenvalue weighted by molar-refractivity contribution is 7.88. The van der Waals surface area contributed by atoms with Crippen LogP contribution in [0.5, 0.6) is 0 Å². The first-order valence-electron chi connectivity index (χ1n) is 8.92. The fraction of sp³-hybridized carbons (Fsp3) is 0.474. The van der Waals surface area contributed by atoms with Gasteiger partial charge in [-0.3, -0.25) is 0 Å². The van der Waals surface area contributed by atoms with Crippen molar-refractivity contribution in [2.75, 3.05) is 37.3 Å². The Balaban J connectivity index is 1.91. The molecule has 0 atom stereocenters. The molecule has 2 aromatic rings. The minimum atomic E-state index is -3.16. The Morgan fingerprint density at radius 2 is 1.73 bits per heavy atom. The van der Waals surface area contributed by atoms with Gasteiger partial charge in [0.25, 0.3) is 0 Å². The van der Waals surface area contributed by atoms with Gasteiger partial charge >= 0.3 is 0 Å². The first kappa shape index (κ1) is 18.8. The molecule has 0 spiro atoms. The molecule has 1 saturated heterocycles. The first-order chi connectivity index (χ1) is 12.3. The molecular formula is C19H26N4O2S. The first-order valence-corrected chi connectivity index (χ1v) is 10.8. The molecule has 140 valence electrons. The van der Waals surface area contributed by atoms with Gasteiger partial charge in [0, 0.05) is 43.9 Å². The van der Waals surface area contributed by atoms with Crippen LogP contribution >= 0.6 is 0 Å². The van der Waals surface area contributed by atoms with E-state index in [0.717, 1.165) is 42.3 Å². The lowest BCUT2D eigenvalue weighted by Crippen LogP contribution is -2.35. The summed E-state index contributed by atoms with van der Waals surface area (Å²) in [6.07, 6.45) is 2.84. The summed E-state index contributed by atoms with van der Waals surface area (Å²) in [6.45, 7) is 6.42. The van der Waals surface area contributed by atoms with E-state index in [4.69, 9.17) is 4.98 Å². The van der Waals surface area contributed by atoms with Crippen LogP contribution in [0.25, 0.3) is 0 Å². The van der Waals surface area contributed by atoms with Crippen molar-refractivity contribution in [3.63, 3.8) is 0 Å². The Kier molecular flexibility index (Phi) is 5.58. The maximum absolute atomic E-state index is 11.9. The van der Waals surface area contributed by atoms with Crippen molar-refractivity contribution in [3.05, 3.63) is 53.0 Å². The number of aromatic nitrogens is 2. The normalized spacial score (nSPS) is 16.5. The second-order valence-corrected chi connectivity index (χ2v) is 8.81. The third-order valence-corrected chi connectivity index (χ3v) is 6.05. The Morgan fingerprint density at radius 1 is 1.00 bits per heavy atom. The van der Waals surface area contributed by atoms with Crippen LogP contribution in [0.15, 0.2) is 30.3 Å². The molecule has 0 saturated carbocycles. The highest BCUT2D eigenvalue weighted by Gasteiger charge is 2.24.